The van der Waals surface area contributed by atoms with Gasteiger partial charge in [-0.05, 0) is 61.5 Å². The Morgan fingerprint density at radius 3 is 2.36 bits per heavy atom. The van der Waals surface area contributed by atoms with Crippen LogP contribution in [0.3, 0.4) is 0 Å². The molecule has 0 aromatic heterocycles. The van der Waals surface area contributed by atoms with E-state index in [0.717, 1.165) is 22.4 Å². The molecule has 0 bridgehead atoms. The summed E-state index contributed by atoms with van der Waals surface area (Å²) in [6.07, 6.45) is 1.55. The molecule has 3 aromatic carbocycles. The summed E-state index contributed by atoms with van der Waals surface area (Å²) >= 11 is 7.78. The van der Waals surface area contributed by atoms with Crippen LogP contribution in [0.15, 0.2) is 76.3 Å². The Morgan fingerprint density at radius 1 is 1.00 bits per heavy atom. The van der Waals surface area contributed by atoms with Crippen molar-refractivity contribution in [3.8, 4) is 17.2 Å². The number of benzene rings is 3. The maximum atomic E-state index is 12.9. The molecule has 5 rings (SSSR count). The number of hydrogen-bond acceptors (Lipinski definition) is 7. The van der Waals surface area contributed by atoms with E-state index in [0.29, 0.717) is 38.9 Å². The number of carbonyl (C=O) groups is 1. The van der Waals surface area contributed by atoms with Gasteiger partial charge in [0.05, 0.1) is 17.7 Å². The van der Waals surface area contributed by atoms with E-state index >= 15 is 0 Å². The lowest BCUT2D eigenvalue weighted by molar-refractivity contribution is -0.114. The first-order valence-corrected chi connectivity index (χ1v) is 13.3. The highest BCUT2D eigenvalue weighted by Gasteiger charge is 2.36. The smallest absolute Gasteiger partial charge is 0.283 e. The Balaban J connectivity index is 1.31. The standard InChI is InChI=1S/C29H25ClN4O4S/c1-17-4-8-20(9-5-17)28-33-34-26(31)22(27(35)32-29(34)39-28)14-19-15-23(30)25(24(16-19)36-3)38-13-12-37-21-10-6-18(2)7-11-21/h4-11,14-16,31H,12-13H2,1-3H3. The summed E-state index contributed by atoms with van der Waals surface area (Å²) in [5, 5.41) is 15.9. The average molecular weight is 561 g/mol. The van der Waals surface area contributed by atoms with Gasteiger partial charge in [-0.15, -0.1) is 0 Å². The molecule has 8 nitrogen and oxygen atoms in total. The van der Waals surface area contributed by atoms with Crippen LogP contribution >= 0.6 is 23.4 Å². The zero-order valence-corrected chi connectivity index (χ0v) is 23.1. The second-order valence-electron chi connectivity index (χ2n) is 8.84. The van der Waals surface area contributed by atoms with Gasteiger partial charge in [0.25, 0.3) is 5.91 Å². The number of hydrogen-bond donors (Lipinski definition) is 1. The van der Waals surface area contributed by atoms with Crippen LogP contribution < -0.4 is 14.2 Å². The van der Waals surface area contributed by atoms with Crippen molar-refractivity contribution >= 4 is 51.4 Å². The molecule has 0 aliphatic carbocycles. The first kappa shape index (κ1) is 26.5. The third-order valence-electron chi connectivity index (χ3n) is 5.94. The minimum atomic E-state index is -0.525. The molecular formula is C29H25ClN4O4S. The second kappa shape index (κ2) is 11.3. The highest BCUT2D eigenvalue weighted by molar-refractivity contribution is 8.27. The van der Waals surface area contributed by atoms with Gasteiger partial charge in [0, 0.05) is 5.56 Å². The number of rotatable bonds is 8. The average Bonchev–Trinajstić information content (AvgIpc) is 3.35. The number of ether oxygens (including phenoxy) is 3. The number of aliphatic imine (C=N–C) groups is 1. The number of carbonyl (C=O) groups excluding carboxylic acids is 1. The molecule has 3 aromatic rings. The van der Waals surface area contributed by atoms with Gasteiger partial charge in [-0.3, -0.25) is 10.2 Å². The van der Waals surface area contributed by atoms with Crippen LogP contribution in [0.1, 0.15) is 22.3 Å². The second-order valence-corrected chi connectivity index (χ2v) is 10.2. The minimum absolute atomic E-state index is 0.0664. The van der Waals surface area contributed by atoms with Gasteiger partial charge in [-0.1, -0.05) is 59.1 Å². The molecule has 1 N–H and O–H groups in total. The molecule has 0 radical (unpaired) electrons. The first-order chi connectivity index (χ1) is 18.8. The fourth-order valence-electron chi connectivity index (χ4n) is 3.87. The highest BCUT2D eigenvalue weighted by Crippen LogP contribution is 2.38. The Kier molecular flexibility index (Phi) is 7.72. The van der Waals surface area contributed by atoms with Crippen molar-refractivity contribution in [2.75, 3.05) is 20.3 Å². The van der Waals surface area contributed by atoms with Crippen molar-refractivity contribution in [3.63, 3.8) is 0 Å². The molecule has 1 amide bonds. The molecule has 2 aliphatic heterocycles. The summed E-state index contributed by atoms with van der Waals surface area (Å²) in [7, 11) is 1.51. The van der Waals surface area contributed by atoms with Crippen molar-refractivity contribution < 1.29 is 19.0 Å². The van der Waals surface area contributed by atoms with E-state index in [1.807, 2.05) is 62.4 Å². The van der Waals surface area contributed by atoms with Gasteiger partial charge in [0.1, 0.15) is 24.0 Å². The lowest BCUT2D eigenvalue weighted by Crippen LogP contribution is -2.35. The molecule has 0 saturated heterocycles. The fourth-order valence-corrected chi connectivity index (χ4v) is 5.04. The quantitative estimate of drug-likeness (QED) is 0.264. The molecule has 39 heavy (non-hydrogen) atoms. The molecule has 0 unspecified atom stereocenters. The normalized spacial score (nSPS) is 15.7. The Labute approximate surface area is 235 Å². The van der Waals surface area contributed by atoms with Gasteiger partial charge >= 0.3 is 0 Å². The van der Waals surface area contributed by atoms with E-state index in [2.05, 4.69) is 10.1 Å². The van der Waals surface area contributed by atoms with E-state index < -0.39 is 5.91 Å². The predicted molar refractivity (Wildman–Crippen MR) is 155 cm³/mol. The topological polar surface area (TPSA) is 96.6 Å². The number of aryl methyl sites for hydroxylation is 2. The van der Waals surface area contributed by atoms with Gasteiger partial charge in [-0.2, -0.15) is 15.1 Å². The van der Waals surface area contributed by atoms with E-state index in [1.165, 1.54) is 23.9 Å². The van der Waals surface area contributed by atoms with Crippen LogP contribution in [0.4, 0.5) is 0 Å². The van der Waals surface area contributed by atoms with Crippen molar-refractivity contribution in [1.82, 2.24) is 5.01 Å². The Hall–Kier alpha value is -4.08. The monoisotopic (exact) mass is 560 g/mol. The fraction of sp³-hybridized carbons (Fsp3) is 0.172. The number of nitrogens with one attached hydrogen (secondary N) is 1. The van der Waals surface area contributed by atoms with E-state index in [-0.39, 0.29) is 18.0 Å². The van der Waals surface area contributed by atoms with E-state index in [9.17, 15) is 4.79 Å². The van der Waals surface area contributed by atoms with Crippen molar-refractivity contribution in [3.05, 3.63) is 93.5 Å². The summed E-state index contributed by atoms with van der Waals surface area (Å²) in [5.74, 6) is 0.912. The lowest BCUT2D eigenvalue weighted by atomic mass is 10.1. The maximum absolute atomic E-state index is 12.9. The molecule has 0 saturated carbocycles. The number of amides is 1. The van der Waals surface area contributed by atoms with Crippen LogP contribution in [0, 0.1) is 19.3 Å². The number of halogens is 1. The van der Waals surface area contributed by atoms with Gasteiger partial charge < -0.3 is 14.2 Å². The van der Waals surface area contributed by atoms with Crippen molar-refractivity contribution in [2.24, 2.45) is 10.1 Å². The van der Waals surface area contributed by atoms with Crippen LogP contribution in [-0.2, 0) is 4.79 Å². The molecule has 0 atom stereocenters. The largest absolute Gasteiger partial charge is 0.493 e. The summed E-state index contributed by atoms with van der Waals surface area (Å²) < 4.78 is 17.1. The number of nitrogens with zero attached hydrogens (tertiary/aromatic N) is 3. The zero-order chi connectivity index (χ0) is 27.5. The summed E-state index contributed by atoms with van der Waals surface area (Å²) in [4.78, 5) is 17.0. The zero-order valence-electron chi connectivity index (χ0n) is 21.5. The molecule has 2 aliphatic rings. The maximum Gasteiger partial charge on any atom is 0.283 e. The Morgan fingerprint density at radius 2 is 1.67 bits per heavy atom. The van der Waals surface area contributed by atoms with Crippen LogP contribution in [0.5, 0.6) is 17.2 Å². The number of thioether (sulfide) groups is 1. The SMILES string of the molecule is COc1cc(C=C2C(=N)N3N=C(c4ccc(C)cc4)SC3=NC2=O)cc(Cl)c1OCCOc1ccc(C)cc1. The Bertz CT molecular complexity index is 1530. The highest BCUT2D eigenvalue weighted by atomic mass is 35.5. The minimum Gasteiger partial charge on any atom is -0.493 e. The summed E-state index contributed by atoms with van der Waals surface area (Å²) in [5.41, 5.74) is 3.83. The summed E-state index contributed by atoms with van der Waals surface area (Å²) in [6, 6.07) is 19.0. The van der Waals surface area contributed by atoms with Crippen LogP contribution in [-0.4, -0.2) is 47.3 Å². The molecule has 0 fully saturated rings. The number of fused-ring (bicyclic) bond motifs is 1. The van der Waals surface area contributed by atoms with E-state index in [4.69, 9.17) is 31.2 Å². The van der Waals surface area contributed by atoms with Gasteiger partial charge in [0.2, 0.25) is 5.17 Å². The molecule has 0 spiro atoms. The molecule has 2 heterocycles. The third-order valence-corrected chi connectivity index (χ3v) is 7.17. The lowest BCUT2D eigenvalue weighted by Gasteiger charge is -2.20. The van der Waals surface area contributed by atoms with E-state index in [1.54, 1.807) is 18.2 Å². The third kappa shape index (κ3) is 5.84. The summed E-state index contributed by atoms with van der Waals surface area (Å²) in [6.45, 7) is 4.59. The first-order valence-electron chi connectivity index (χ1n) is 12.1. The number of amidine groups is 2. The molecule has 198 valence electrons. The number of methoxy groups -OCH3 is 1. The van der Waals surface area contributed by atoms with Gasteiger partial charge in [-0.25, -0.2) is 0 Å². The predicted octanol–water partition coefficient (Wildman–Crippen LogP) is 6.09. The molecule has 10 heteroatoms. The van der Waals surface area contributed by atoms with Gasteiger partial charge in [0.15, 0.2) is 17.3 Å². The van der Waals surface area contributed by atoms with Crippen LogP contribution in [0.25, 0.3) is 6.08 Å². The van der Waals surface area contributed by atoms with Crippen molar-refractivity contribution in [1.29, 1.82) is 5.41 Å². The van der Waals surface area contributed by atoms with Crippen molar-refractivity contribution in [2.45, 2.75) is 13.8 Å². The number of hydrazone groups is 1. The van der Waals surface area contributed by atoms with Crippen LogP contribution in [0.2, 0.25) is 5.02 Å². The molecular weight excluding hydrogens is 536 g/mol.